The van der Waals surface area contributed by atoms with E-state index in [9.17, 15) is 4.79 Å². The number of carbonyl (C=O) groups excluding carboxylic acids is 1. The van der Waals surface area contributed by atoms with E-state index >= 15 is 0 Å². The zero-order chi connectivity index (χ0) is 11.2. The maximum absolute atomic E-state index is 11.0. The molecule has 0 heterocycles. The van der Waals surface area contributed by atoms with Gasteiger partial charge in [-0.25, -0.2) is 0 Å². The fourth-order valence-electron chi connectivity index (χ4n) is 0.660. The Morgan fingerprint density at radius 2 is 2.07 bits per heavy atom. The van der Waals surface area contributed by atoms with Crippen LogP contribution in [0.4, 0.5) is 0 Å². The van der Waals surface area contributed by atoms with E-state index in [1.807, 2.05) is 0 Å². The molecule has 0 aliphatic rings. The molecule has 7 heteroatoms. The Bertz CT molecular complexity index is 214. The van der Waals surface area contributed by atoms with Crippen LogP contribution in [0.2, 0.25) is 4.47 Å². The maximum atomic E-state index is 11.0. The zero-order valence-electron chi connectivity index (χ0n) is 7.38. The monoisotopic (exact) mass is 396 g/mol. The number of carbonyl (C=O) groups is 1. The second kappa shape index (κ2) is 7.44. The van der Waals surface area contributed by atoms with E-state index in [2.05, 4.69) is 0 Å². The summed E-state index contributed by atoms with van der Waals surface area (Å²) in [7, 11) is 17.2. The number of alkyl halides is 1. The van der Waals surface area contributed by atoms with Crippen molar-refractivity contribution < 1.29 is 9.53 Å². The molecule has 0 bridgehead atoms. The molecule has 0 radical (unpaired) electrons. The molecule has 0 aromatic heterocycles. The Labute approximate surface area is 103 Å². The molecule has 0 saturated carbocycles. The molecule has 0 aliphatic carbocycles. The van der Waals surface area contributed by atoms with E-state index in [1.165, 1.54) is 6.08 Å². The first kappa shape index (κ1) is 15.2. The van der Waals surface area contributed by atoms with Gasteiger partial charge in [-0.15, -0.1) is 0 Å². The van der Waals surface area contributed by atoms with Gasteiger partial charge in [-0.3, -0.25) is 0 Å². The topological polar surface area (TPSA) is 26.3 Å². The van der Waals surface area contributed by atoms with Crippen molar-refractivity contribution >= 4 is 59.3 Å². The van der Waals surface area contributed by atoms with E-state index in [0.29, 0.717) is 0 Å². The summed E-state index contributed by atoms with van der Waals surface area (Å²) in [6, 6.07) is 0. The average Bonchev–Trinajstić information content (AvgIpc) is 2.01. The number of rotatable bonds is 5. The molecular weight excluding hydrogens is 385 g/mol. The second-order valence-electron chi connectivity index (χ2n) is 2.38. The fourth-order valence-corrected chi connectivity index (χ4v) is 5.80. The molecule has 0 fully saturated rings. The van der Waals surface area contributed by atoms with Crippen molar-refractivity contribution in [3.63, 3.8) is 0 Å². The van der Waals surface area contributed by atoms with Crippen LogP contribution in [0.15, 0.2) is 12.2 Å². The van der Waals surface area contributed by atoms with Gasteiger partial charge in [0, 0.05) is 0 Å². The van der Waals surface area contributed by atoms with E-state index < -0.39 is 26.9 Å². The second-order valence-corrected chi connectivity index (χ2v) is 20.3. The van der Waals surface area contributed by atoms with Crippen molar-refractivity contribution in [3.8, 4) is 0 Å². The Morgan fingerprint density at radius 3 is 2.43 bits per heavy atom. The predicted octanol–water partition coefficient (Wildman–Crippen LogP) is 3.37. The third-order valence-corrected chi connectivity index (χ3v) is 6.15. The summed E-state index contributed by atoms with van der Waals surface area (Å²) in [5.41, 5.74) is 0. The molecule has 14 heavy (non-hydrogen) atoms. The van der Waals surface area contributed by atoms with Crippen LogP contribution in [-0.2, 0) is 9.53 Å². The van der Waals surface area contributed by atoms with Crippen LogP contribution in [-0.4, -0.2) is 32.8 Å². The molecule has 0 rings (SSSR count). The first-order valence-corrected chi connectivity index (χ1v) is 14.7. The van der Waals surface area contributed by atoms with E-state index in [4.69, 9.17) is 43.2 Å². The van der Waals surface area contributed by atoms with Gasteiger partial charge in [0.1, 0.15) is 0 Å². The number of esters is 1. The molecule has 0 aromatic rings. The SMILES string of the molecule is C/C=C/C(=O)OC(CCl)C[Te](Cl)(Cl)Cl. The molecule has 0 aromatic carbocycles. The molecule has 1 atom stereocenters. The molecule has 0 aliphatic heterocycles. The van der Waals surface area contributed by atoms with Gasteiger partial charge in [-0.2, -0.15) is 0 Å². The van der Waals surface area contributed by atoms with Gasteiger partial charge in [0.15, 0.2) is 0 Å². The summed E-state index contributed by atoms with van der Waals surface area (Å²) in [6.45, 7) is 1.71. The van der Waals surface area contributed by atoms with Crippen molar-refractivity contribution in [1.29, 1.82) is 0 Å². The third kappa shape index (κ3) is 8.47. The molecule has 2 nitrogen and oxygen atoms in total. The van der Waals surface area contributed by atoms with Gasteiger partial charge in [-0.1, -0.05) is 0 Å². The van der Waals surface area contributed by atoms with Gasteiger partial charge >= 0.3 is 104 Å². The van der Waals surface area contributed by atoms with Crippen LogP contribution < -0.4 is 0 Å². The van der Waals surface area contributed by atoms with Crippen molar-refractivity contribution in [2.45, 2.75) is 17.5 Å². The minimum atomic E-state index is -3.29. The normalized spacial score (nSPS) is 15.5. The quantitative estimate of drug-likeness (QED) is 0.309. The van der Waals surface area contributed by atoms with Crippen LogP contribution in [0.5, 0.6) is 0 Å². The van der Waals surface area contributed by atoms with Crippen LogP contribution in [0.3, 0.4) is 0 Å². The summed E-state index contributed by atoms with van der Waals surface area (Å²) in [4.78, 5) is 11.0. The van der Waals surface area contributed by atoms with Gasteiger partial charge in [0.2, 0.25) is 0 Å². The first-order chi connectivity index (χ1) is 6.39. The molecule has 0 amide bonds. The van der Waals surface area contributed by atoms with Crippen molar-refractivity contribution in [3.05, 3.63) is 12.2 Å². The van der Waals surface area contributed by atoms with Crippen LogP contribution >= 0.6 is 38.5 Å². The number of hydrogen-bond acceptors (Lipinski definition) is 2. The summed E-state index contributed by atoms with van der Waals surface area (Å²) < 4.78 is 5.22. The summed E-state index contributed by atoms with van der Waals surface area (Å²) in [5, 5.41) is 0. The summed E-state index contributed by atoms with van der Waals surface area (Å²) in [5.74, 6) is -0.321. The van der Waals surface area contributed by atoms with E-state index in [0.717, 1.165) is 0 Å². The van der Waals surface area contributed by atoms with Crippen molar-refractivity contribution in [1.82, 2.24) is 0 Å². The third-order valence-electron chi connectivity index (χ3n) is 1.13. The Hall–Kier alpha value is 1.16. The molecule has 0 N–H and O–H groups in total. The number of halogens is 4. The van der Waals surface area contributed by atoms with Gasteiger partial charge in [-0.05, 0) is 0 Å². The first-order valence-electron chi connectivity index (χ1n) is 3.68. The number of hydrogen-bond donors (Lipinski definition) is 0. The number of allylic oxidation sites excluding steroid dienone is 1. The predicted molar refractivity (Wildman–Crippen MR) is 63.5 cm³/mol. The van der Waals surface area contributed by atoms with E-state index in [1.54, 1.807) is 13.0 Å². The molecule has 84 valence electrons. The summed E-state index contributed by atoms with van der Waals surface area (Å²) in [6.07, 6.45) is 2.37. The zero-order valence-corrected chi connectivity index (χ0v) is 12.7. The van der Waals surface area contributed by atoms with Crippen molar-refractivity contribution in [2.75, 3.05) is 5.88 Å². The van der Waals surface area contributed by atoms with Gasteiger partial charge in [0.25, 0.3) is 0 Å². The molecule has 0 saturated heterocycles. The Balaban J connectivity index is 4.10. The minimum absolute atomic E-state index is 0.142. The molecule has 0 spiro atoms. The van der Waals surface area contributed by atoms with Crippen LogP contribution in [0, 0.1) is 0 Å². The molecular formula is C7H10Cl4O2Te. The Morgan fingerprint density at radius 1 is 1.50 bits per heavy atom. The molecule has 1 unspecified atom stereocenters. The van der Waals surface area contributed by atoms with Gasteiger partial charge in [0.05, 0.1) is 0 Å². The summed E-state index contributed by atoms with van der Waals surface area (Å²) >= 11 is 2.28. The van der Waals surface area contributed by atoms with Crippen LogP contribution in [0.1, 0.15) is 6.92 Å². The standard InChI is InChI=1S/C7H10Cl4O2Te/c1-2-3-7(12)13-6(4-8)5-14(9,10)11/h2-3,6H,4-5H2,1H3/b3-2+. The fraction of sp³-hybridized carbons (Fsp3) is 0.571. The van der Waals surface area contributed by atoms with Crippen LogP contribution in [0.25, 0.3) is 0 Å². The average molecular weight is 396 g/mol. The van der Waals surface area contributed by atoms with E-state index in [-0.39, 0.29) is 10.3 Å². The number of ether oxygens (including phenoxy) is 1. The van der Waals surface area contributed by atoms with Crippen molar-refractivity contribution in [2.24, 2.45) is 0 Å². The Kier molecular flexibility index (Phi) is 8.05. The van der Waals surface area contributed by atoms with Gasteiger partial charge < -0.3 is 0 Å².